The van der Waals surface area contributed by atoms with Crippen LogP contribution in [0.4, 0.5) is 5.69 Å². The number of carbonyl (C=O) groups excluding carboxylic acids is 1. The Kier molecular flexibility index (Phi) is 5.22. The predicted molar refractivity (Wildman–Crippen MR) is 101 cm³/mol. The van der Waals surface area contributed by atoms with Crippen molar-refractivity contribution in [3.05, 3.63) is 98.4 Å². The van der Waals surface area contributed by atoms with Crippen LogP contribution in [-0.4, -0.2) is 10.5 Å². The van der Waals surface area contributed by atoms with Crippen LogP contribution in [0.1, 0.15) is 15.9 Å². The second-order valence-corrected chi connectivity index (χ2v) is 6.35. The summed E-state index contributed by atoms with van der Waals surface area (Å²) < 4.78 is 1.48. The number of pyridine rings is 1. The van der Waals surface area contributed by atoms with Gasteiger partial charge < -0.3 is 9.88 Å². The molecule has 0 radical (unpaired) electrons. The second-order valence-electron chi connectivity index (χ2n) is 5.47. The molecule has 0 fully saturated rings. The number of nitrogens with one attached hydrogen (secondary N) is 1. The molecule has 1 amide bonds. The van der Waals surface area contributed by atoms with Gasteiger partial charge in [0.05, 0.1) is 12.1 Å². The van der Waals surface area contributed by atoms with Crippen LogP contribution < -0.4 is 10.9 Å². The molecule has 6 heteroatoms. The minimum absolute atomic E-state index is 0.186. The van der Waals surface area contributed by atoms with Gasteiger partial charge in [-0.2, -0.15) is 0 Å². The number of amides is 1. The van der Waals surface area contributed by atoms with Gasteiger partial charge >= 0.3 is 0 Å². The van der Waals surface area contributed by atoms with E-state index in [1.807, 2.05) is 12.1 Å². The number of carbonyl (C=O) groups is 1. The molecule has 1 aromatic heterocycles. The van der Waals surface area contributed by atoms with Crippen molar-refractivity contribution in [3.8, 4) is 0 Å². The number of halogens is 2. The summed E-state index contributed by atoms with van der Waals surface area (Å²) in [6.07, 6.45) is 1.54. The lowest BCUT2D eigenvalue weighted by Gasteiger charge is -2.09. The summed E-state index contributed by atoms with van der Waals surface area (Å²) >= 11 is 11.8. The van der Waals surface area contributed by atoms with E-state index in [1.165, 1.54) is 22.9 Å². The topological polar surface area (TPSA) is 51.1 Å². The molecule has 2 aromatic carbocycles. The maximum Gasteiger partial charge on any atom is 0.257 e. The van der Waals surface area contributed by atoms with Crippen molar-refractivity contribution in [2.24, 2.45) is 0 Å². The molecule has 0 bridgehead atoms. The third-order valence-corrected chi connectivity index (χ3v) is 4.08. The number of benzene rings is 2. The van der Waals surface area contributed by atoms with E-state index >= 15 is 0 Å². The molecule has 0 spiro atoms. The van der Waals surface area contributed by atoms with E-state index in [2.05, 4.69) is 5.32 Å². The third-order valence-electron chi connectivity index (χ3n) is 3.59. The molecule has 0 unspecified atom stereocenters. The smallest absolute Gasteiger partial charge is 0.257 e. The third kappa shape index (κ3) is 4.50. The number of hydrogen-bond donors (Lipinski definition) is 1. The van der Waals surface area contributed by atoms with Crippen molar-refractivity contribution in [1.82, 2.24) is 4.57 Å². The zero-order valence-corrected chi connectivity index (χ0v) is 14.6. The molecule has 1 heterocycles. The fraction of sp³-hybridized carbons (Fsp3) is 0.0526. The molecule has 3 aromatic rings. The van der Waals surface area contributed by atoms with Gasteiger partial charge in [0.2, 0.25) is 0 Å². The quantitative estimate of drug-likeness (QED) is 0.734. The molecule has 0 aliphatic carbocycles. The van der Waals surface area contributed by atoms with Crippen LogP contribution in [0.5, 0.6) is 0 Å². The average molecular weight is 373 g/mol. The number of nitrogens with zero attached hydrogens (tertiary/aromatic N) is 1. The molecule has 0 aliphatic rings. The number of anilines is 1. The standard InChI is InChI=1S/C19H14Cl2N2O2/c20-15-7-4-13(5-8-15)11-23-12-14(6-9-18(23)24)19(25)22-17-3-1-2-16(21)10-17/h1-10,12H,11H2,(H,22,25). The van der Waals surface area contributed by atoms with E-state index in [9.17, 15) is 9.59 Å². The summed E-state index contributed by atoms with van der Waals surface area (Å²) in [4.78, 5) is 24.5. The van der Waals surface area contributed by atoms with Crippen LogP contribution in [0.15, 0.2) is 71.7 Å². The molecule has 25 heavy (non-hydrogen) atoms. The summed E-state index contributed by atoms with van der Waals surface area (Å²) in [5.41, 5.74) is 1.70. The Bertz CT molecular complexity index is 966. The maximum absolute atomic E-state index is 12.4. The molecular formula is C19H14Cl2N2O2. The molecule has 4 nitrogen and oxygen atoms in total. The largest absolute Gasteiger partial charge is 0.322 e. The molecular weight excluding hydrogens is 359 g/mol. The highest BCUT2D eigenvalue weighted by molar-refractivity contribution is 6.31. The fourth-order valence-corrected chi connectivity index (χ4v) is 2.66. The highest BCUT2D eigenvalue weighted by Crippen LogP contribution is 2.16. The summed E-state index contributed by atoms with van der Waals surface area (Å²) in [7, 11) is 0. The molecule has 0 aliphatic heterocycles. The predicted octanol–water partition coefficient (Wildman–Crippen LogP) is 4.46. The first-order chi connectivity index (χ1) is 12.0. The van der Waals surface area contributed by atoms with Crippen molar-refractivity contribution in [3.63, 3.8) is 0 Å². The molecule has 126 valence electrons. The van der Waals surface area contributed by atoms with Gasteiger partial charge in [0.1, 0.15) is 0 Å². The van der Waals surface area contributed by atoms with Crippen molar-refractivity contribution in [2.45, 2.75) is 6.54 Å². The number of rotatable bonds is 4. The zero-order valence-electron chi connectivity index (χ0n) is 13.1. The van der Waals surface area contributed by atoms with Gasteiger partial charge in [-0.15, -0.1) is 0 Å². The fourth-order valence-electron chi connectivity index (χ4n) is 2.35. The molecule has 0 atom stereocenters. The van der Waals surface area contributed by atoms with E-state index < -0.39 is 0 Å². The lowest BCUT2D eigenvalue weighted by molar-refractivity contribution is 0.102. The second kappa shape index (κ2) is 7.55. The van der Waals surface area contributed by atoms with Crippen LogP contribution in [0.3, 0.4) is 0 Å². The van der Waals surface area contributed by atoms with Crippen LogP contribution in [0.25, 0.3) is 0 Å². The van der Waals surface area contributed by atoms with Gasteiger partial charge in [0.15, 0.2) is 0 Å². The first-order valence-corrected chi connectivity index (χ1v) is 8.29. The highest BCUT2D eigenvalue weighted by Gasteiger charge is 2.09. The first-order valence-electron chi connectivity index (χ1n) is 7.53. The Morgan fingerprint density at radius 1 is 0.960 bits per heavy atom. The Labute approximate surface area is 154 Å². The molecule has 0 saturated carbocycles. The Balaban J connectivity index is 1.82. The van der Waals surface area contributed by atoms with E-state index in [-0.39, 0.29) is 11.5 Å². The van der Waals surface area contributed by atoms with E-state index in [0.29, 0.717) is 27.8 Å². The first kappa shape index (κ1) is 17.3. The van der Waals surface area contributed by atoms with Crippen LogP contribution in [0.2, 0.25) is 10.0 Å². The highest BCUT2D eigenvalue weighted by atomic mass is 35.5. The zero-order chi connectivity index (χ0) is 17.8. The van der Waals surface area contributed by atoms with Gasteiger partial charge in [-0.3, -0.25) is 9.59 Å². The lowest BCUT2D eigenvalue weighted by atomic mass is 10.2. The molecule has 1 N–H and O–H groups in total. The summed E-state index contributed by atoms with van der Waals surface area (Å²) in [5, 5.41) is 3.92. The minimum Gasteiger partial charge on any atom is -0.322 e. The summed E-state index contributed by atoms with van der Waals surface area (Å²) in [6, 6.07) is 17.0. The molecule has 3 rings (SSSR count). The normalized spacial score (nSPS) is 10.5. The average Bonchev–Trinajstić information content (AvgIpc) is 2.59. The Hall–Kier alpha value is -2.56. The van der Waals surface area contributed by atoms with E-state index in [1.54, 1.807) is 36.4 Å². The number of aromatic nitrogens is 1. The maximum atomic E-state index is 12.4. The Morgan fingerprint density at radius 3 is 2.44 bits per heavy atom. The van der Waals surface area contributed by atoms with Gasteiger partial charge in [0, 0.05) is 28.0 Å². The Morgan fingerprint density at radius 2 is 1.72 bits per heavy atom. The van der Waals surface area contributed by atoms with Crippen LogP contribution in [0, 0.1) is 0 Å². The van der Waals surface area contributed by atoms with E-state index in [0.717, 1.165) is 5.56 Å². The monoisotopic (exact) mass is 372 g/mol. The number of hydrogen-bond acceptors (Lipinski definition) is 2. The van der Waals surface area contributed by atoms with Gasteiger partial charge in [-0.1, -0.05) is 41.4 Å². The summed E-state index contributed by atoms with van der Waals surface area (Å²) in [6.45, 7) is 0.355. The summed E-state index contributed by atoms with van der Waals surface area (Å²) in [5.74, 6) is -0.313. The van der Waals surface area contributed by atoms with Gasteiger partial charge in [-0.05, 0) is 42.0 Å². The van der Waals surface area contributed by atoms with Crippen molar-refractivity contribution < 1.29 is 4.79 Å². The van der Waals surface area contributed by atoms with Crippen LogP contribution >= 0.6 is 23.2 Å². The minimum atomic E-state index is -0.313. The van der Waals surface area contributed by atoms with Gasteiger partial charge in [0.25, 0.3) is 11.5 Å². The van der Waals surface area contributed by atoms with E-state index in [4.69, 9.17) is 23.2 Å². The van der Waals surface area contributed by atoms with Gasteiger partial charge in [-0.25, -0.2) is 0 Å². The van der Waals surface area contributed by atoms with Crippen LogP contribution in [-0.2, 0) is 6.54 Å². The molecule has 0 saturated heterocycles. The lowest BCUT2D eigenvalue weighted by Crippen LogP contribution is -2.22. The van der Waals surface area contributed by atoms with Crippen molar-refractivity contribution in [1.29, 1.82) is 0 Å². The van der Waals surface area contributed by atoms with Crippen molar-refractivity contribution in [2.75, 3.05) is 5.32 Å². The van der Waals surface area contributed by atoms with Crippen molar-refractivity contribution >= 4 is 34.8 Å². The SMILES string of the molecule is O=C(Nc1cccc(Cl)c1)c1ccc(=O)n(Cc2ccc(Cl)cc2)c1.